The van der Waals surface area contributed by atoms with Crippen molar-refractivity contribution in [1.29, 1.82) is 0 Å². The molecule has 0 fully saturated rings. The van der Waals surface area contributed by atoms with Crippen LogP contribution in [0.1, 0.15) is 136 Å². The van der Waals surface area contributed by atoms with Gasteiger partial charge in [-0.25, -0.2) is 0 Å². The fourth-order valence-electron chi connectivity index (χ4n) is 4.80. The normalized spacial score (nSPS) is 11.4. The monoisotopic (exact) mass is 663 g/mol. The summed E-state index contributed by atoms with van der Waals surface area (Å²) in [6.45, 7) is 12.5. The molecule has 0 saturated heterocycles. The largest absolute Gasteiger partial charge is 0.463 e. The zero-order valence-electron chi connectivity index (χ0n) is 30.2. The van der Waals surface area contributed by atoms with Crippen molar-refractivity contribution < 1.29 is 42.7 Å². The van der Waals surface area contributed by atoms with Crippen molar-refractivity contribution in [2.75, 3.05) is 99.1 Å². The molecule has 0 bridgehead atoms. The molecule has 0 aromatic carbocycles. The molecule has 0 rings (SSSR count). The smallest absolute Gasteiger partial charge is 0.305 e. The van der Waals surface area contributed by atoms with Gasteiger partial charge in [0.2, 0.25) is 0 Å². The predicted octanol–water partition coefficient (Wildman–Crippen LogP) is 8.10. The van der Waals surface area contributed by atoms with E-state index in [0.29, 0.717) is 98.9 Å². The highest BCUT2D eigenvalue weighted by atomic mass is 16.6. The molecule has 0 aliphatic carbocycles. The quantitative estimate of drug-likeness (QED) is 0.0476. The Hall–Kier alpha value is -0.810. The van der Waals surface area contributed by atoms with Crippen LogP contribution in [-0.2, 0) is 42.7 Å². The first-order valence-electron chi connectivity index (χ1n) is 19.0. The van der Waals surface area contributed by atoms with Crippen molar-refractivity contribution in [3.8, 4) is 0 Å². The van der Waals surface area contributed by atoms with E-state index >= 15 is 0 Å². The summed E-state index contributed by atoms with van der Waals surface area (Å²) in [5.41, 5.74) is 0. The summed E-state index contributed by atoms with van der Waals surface area (Å²) in [7, 11) is 0. The van der Waals surface area contributed by atoms with E-state index in [9.17, 15) is 4.79 Å². The Morgan fingerprint density at radius 2 is 0.565 bits per heavy atom. The molecule has 9 heteroatoms. The zero-order valence-corrected chi connectivity index (χ0v) is 30.2. The number of ether oxygens (including phenoxy) is 8. The van der Waals surface area contributed by atoms with E-state index in [1.807, 2.05) is 0 Å². The maximum absolute atomic E-state index is 11.6. The lowest BCUT2D eigenvalue weighted by atomic mass is 10.0. The number of carbonyl (C=O) groups is 1. The lowest BCUT2D eigenvalue weighted by Crippen LogP contribution is -2.15. The first-order chi connectivity index (χ1) is 22.8. The van der Waals surface area contributed by atoms with Crippen LogP contribution >= 0.6 is 0 Å². The topological polar surface area (TPSA) is 90.9 Å². The SMILES string of the molecule is CCCCCCCCCCCCCCCOCCOCCOCCOCCOCCOCCOCCOC(=O)CCCCCCC. The van der Waals surface area contributed by atoms with Gasteiger partial charge in [0.1, 0.15) is 6.61 Å². The van der Waals surface area contributed by atoms with Gasteiger partial charge in [-0.05, 0) is 12.8 Å². The van der Waals surface area contributed by atoms with Crippen LogP contribution in [0.2, 0.25) is 0 Å². The third-order valence-electron chi connectivity index (χ3n) is 7.60. The van der Waals surface area contributed by atoms with E-state index in [4.69, 9.17) is 37.9 Å². The Balaban J connectivity index is 3.08. The molecule has 0 atom stereocenters. The summed E-state index contributed by atoms with van der Waals surface area (Å²) in [6.07, 6.45) is 23.9. The summed E-state index contributed by atoms with van der Waals surface area (Å²) in [6, 6.07) is 0. The lowest BCUT2D eigenvalue weighted by Gasteiger charge is -2.09. The van der Waals surface area contributed by atoms with Gasteiger partial charge in [0.05, 0.1) is 85.9 Å². The fraction of sp³-hybridized carbons (Fsp3) is 0.973. The Kier molecular flexibility index (Phi) is 41.5. The van der Waals surface area contributed by atoms with Gasteiger partial charge in [-0.2, -0.15) is 0 Å². The molecule has 0 heterocycles. The molecule has 0 N–H and O–H groups in total. The van der Waals surface area contributed by atoms with Gasteiger partial charge in [-0.1, -0.05) is 117 Å². The van der Waals surface area contributed by atoms with Gasteiger partial charge in [0.15, 0.2) is 0 Å². The third-order valence-corrected chi connectivity index (χ3v) is 7.60. The molecular formula is C37H74O9. The van der Waals surface area contributed by atoms with E-state index in [-0.39, 0.29) is 5.97 Å². The maximum Gasteiger partial charge on any atom is 0.305 e. The standard InChI is InChI=1S/C37H74O9/c1-3-5-7-9-10-11-12-13-14-15-16-18-20-22-39-23-24-40-25-26-41-27-28-42-29-30-43-31-32-44-33-34-45-35-36-46-37(38)21-19-17-8-6-4-2/h3-36H2,1-2H3. The average molecular weight is 663 g/mol. The second kappa shape index (κ2) is 42.2. The van der Waals surface area contributed by atoms with Gasteiger partial charge >= 0.3 is 5.97 Å². The molecule has 46 heavy (non-hydrogen) atoms. The van der Waals surface area contributed by atoms with Crippen LogP contribution in [0.15, 0.2) is 0 Å². The van der Waals surface area contributed by atoms with Crippen molar-refractivity contribution in [3.05, 3.63) is 0 Å². The van der Waals surface area contributed by atoms with Gasteiger partial charge in [-0.15, -0.1) is 0 Å². The minimum Gasteiger partial charge on any atom is -0.463 e. The predicted molar refractivity (Wildman–Crippen MR) is 186 cm³/mol. The van der Waals surface area contributed by atoms with Crippen LogP contribution in [0.5, 0.6) is 0 Å². The number of hydrogen-bond donors (Lipinski definition) is 0. The number of rotatable bonds is 41. The number of carbonyl (C=O) groups excluding carboxylic acids is 1. The van der Waals surface area contributed by atoms with Crippen LogP contribution < -0.4 is 0 Å². The molecule has 0 saturated carbocycles. The minimum absolute atomic E-state index is 0.137. The van der Waals surface area contributed by atoms with Gasteiger partial charge in [-0.3, -0.25) is 4.79 Å². The van der Waals surface area contributed by atoms with Crippen molar-refractivity contribution in [1.82, 2.24) is 0 Å². The van der Waals surface area contributed by atoms with E-state index in [0.717, 1.165) is 25.9 Å². The zero-order chi connectivity index (χ0) is 33.3. The Labute approximate surface area is 283 Å². The van der Waals surface area contributed by atoms with E-state index in [2.05, 4.69) is 13.8 Å². The summed E-state index contributed by atoms with van der Waals surface area (Å²) >= 11 is 0. The summed E-state index contributed by atoms with van der Waals surface area (Å²) in [5, 5.41) is 0. The van der Waals surface area contributed by atoms with Crippen molar-refractivity contribution >= 4 is 5.97 Å². The molecule has 0 aliphatic rings. The van der Waals surface area contributed by atoms with Crippen LogP contribution in [0, 0.1) is 0 Å². The van der Waals surface area contributed by atoms with E-state index < -0.39 is 0 Å². The van der Waals surface area contributed by atoms with Crippen LogP contribution in [0.25, 0.3) is 0 Å². The first-order valence-corrected chi connectivity index (χ1v) is 19.0. The van der Waals surface area contributed by atoms with Crippen LogP contribution in [0.3, 0.4) is 0 Å². The van der Waals surface area contributed by atoms with Gasteiger partial charge in [0.25, 0.3) is 0 Å². The van der Waals surface area contributed by atoms with Crippen LogP contribution in [0.4, 0.5) is 0 Å². The minimum atomic E-state index is -0.137. The molecule has 0 amide bonds. The highest BCUT2D eigenvalue weighted by molar-refractivity contribution is 5.69. The van der Waals surface area contributed by atoms with Gasteiger partial charge in [0, 0.05) is 13.0 Å². The van der Waals surface area contributed by atoms with Crippen LogP contribution in [-0.4, -0.2) is 105 Å². The molecule has 0 spiro atoms. The number of esters is 1. The molecule has 0 aromatic heterocycles. The van der Waals surface area contributed by atoms with E-state index in [1.54, 1.807) is 0 Å². The molecular weight excluding hydrogens is 588 g/mol. The van der Waals surface area contributed by atoms with Crippen molar-refractivity contribution in [2.24, 2.45) is 0 Å². The Morgan fingerprint density at radius 1 is 0.304 bits per heavy atom. The maximum atomic E-state index is 11.6. The first kappa shape index (κ1) is 45.2. The summed E-state index contributed by atoms with van der Waals surface area (Å²) < 4.78 is 43.8. The number of unbranched alkanes of at least 4 members (excludes halogenated alkanes) is 16. The molecule has 276 valence electrons. The fourth-order valence-corrected chi connectivity index (χ4v) is 4.80. The highest BCUT2D eigenvalue weighted by Gasteiger charge is 2.02. The van der Waals surface area contributed by atoms with Crippen molar-refractivity contribution in [2.45, 2.75) is 136 Å². The second-order valence-corrected chi connectivity index (χ2v) is 11.9. The molecule has 9 nitrogen and oxygen atoms in total. The molecule has 0 unspecified atom stereocenters. The molecule has 0 aliphatic heterocycles. The van der Waals surface area contributed by atoms with E-state index in [1.165, 1.54) is 96.3 Å². The second-order valence-electron chi connectivity index (χ2n) is 11.9. The molecule has 0 aromatic rings. The number of hydrogen-bond acceptors (Lipinski definition) is 9. The van der Waals surface area contributed by atoms with Crippen molar-refractivity contribution in [3.63, 3.8) is 0 Å². The Bertz CT molecular complexity index is 565. The van der Waals surface area contributed by atoms with Gasteiger partial charge < -0.3 is 37.9 Å². The lowest BCUT2D eigenvalue weighted by molar-refractivity contribution is -0.145. The summed E-state index contributed by atoms with van der Waals surface area (Å²) in [5.74, 6) is -0.137. The summed E-state index contributed by atoms with van der Waals surface area (Å²) in [4.78, 5) is 11.6. The third kappa shape index (κ3) is 41.2. The molecule has 0 radical (unpaired) electrons. The average Bonchev–Trinajstić information content (AvgIpc) is 3.06. The Morgan fingerprint density at radius 3 is 0.913 bits per heavy atom. The highest BCUT2D eigenvalue weighted by Crippen LogP contribution is 2.12.